The Morgan fingerprint density at radius 1 is 1.53 bits per heavy atom. The van der Waals surface area contributed by atoms with E-state index in [0.717, 1.165) is 4.57 Å². The molecular weight excluding hydrogens is 268 g/mol. The van der Waals surface area contributed by atoms with E-state index in [-0.39, 0.29) is 29.0 Å². The molecule has 0 aromatic carbocycles. The number of methoxy groups -OCH3 is 1. The minimum atomic E-state index is -3.13. The highest BCUT2D eigenvalue weighted by atomic mass is 35.5. The minimum Gasteiger partial charge on any atom is -0.489 e. The normalized spacial score (nSPS) is 11.5. The van der Waals surface area contributed by atoms with Gasteiger partial charge in [0.25, 0.3) is 5.56 Å². The van der Waals surface area contributed by atoms with Crippen LogP contribution in [0.15, 0.2) is 11.1 Å². The Balaban J connectivity index is 2.98. The van der Waals surface area contributed by atoms with Crippen molar-refractivity contribution in [3.8, 4) is 5.75 Å². The summed E-state index contributed by atoms with van der Waals surface area (Å²) in [5.74, 6) is -0.154. The van der Waals surface area contributed by atoms with E-state index in [2.05, 4.69) is 4.98 Å². The number of hydrogen-bond acceptors (Lipinski definition) is 5. The Labute approximate surface area is 104 Å². The van der Waals surface area contributed by atoms with E-state index >= 15 is 0 Å². The van der Waals surface area contributed by atoms with Crippen LogP contribution in [0, 0.1) is 0 Å². The summed E-state index contributed by atoms with van der Waals surface area (Å²) in [5.41, 5.74) is -0.487. The molecule has 1 aromatic rings. The monoisotopic (exact) mass is 280 g/mol. The molecule has 0 radical (unpaired) electrons. The van der Waals surface area contributed by atoms with Crippen LogP contribution < -0.4 is 10.3 Å². The van der Waals surface area contributed by atoms with Gasteiger partial charge in [-0.1, -0.05) is 18.5 Å². The van der Waals surface area contributed by atoms with Crippen LogP contribution in [-0.4, -0.2) is 36.6 Å². The largest absolute Gasteiger partial charge is 0.489 e. The van der Waals surface area contributed by atoms with Crippen LogP contribution in [0.5, 0.6) is 5.75 Å². The second kappa shape index (κ2) is 5.50. The molecule has 17 heavy (non-hydrogen) atoms. The molecule has 1 aromatic heterocycles. The topological polar surface area (TPSA) is 78.3 Å². The lowest BCUT2D eigenvalue weighted by Crippen LogP contribution is -2.26. The third kappa shape index (κ3) is 3.44. The van der Waals surface area contributed by atoms with Crippen molar-refractivity contribution in [1.29, 1.82) is 0 Å². The zero-order valence-electron chi connectivity index (χ0n) is 9.51. The van der Waals surface area contributed by atoms with E-state index in [9.17, 15) is 13.2 Å². The van der Waals surface area contributed by atoms with Crippen LogP contribution in [0.25, 0.3) is 0 Å². The van der Waals surface area contributed by atoms with Crippen LogP contribution in [0.1, 0.15) is 6.92 Å². The van der Waals surface area contributed by atoms with Crippen molar-refractivity contribution < 1.29 is 13.2 Å². The minimum absolute atomic E-state index is 0.0351. The first kappa shape index (κ1) is 14.0. The lowest BCUT2D eigenvalue weighted by molar-refractivity contribution is 0.400. The van der Waals surface area contributed by atoms with Crippen LogP contribution in [0.3, 0.4) is 0 Å². The number of aryl methyl sites for hydroxylation is 1. The van der Waals surface area contributed by atoms with Crippen molar-refractivity contribution in [2.75, 3.05) is 18.6 Å². The molecule has 0 fully saturated rings. The van der Waals surface area contributed by atoms with Crippen LogP contribution in [0.2, 0.25) is 5.15 Å². The van der Waals surface area contributed by atoms with Crippen LogP contribution >= 0.6 is 11.6 Å². The molecule has 0 aliphatic heterocycles. The molecule has 96 valence electrons. The van der Waals surface area contributed by atoms with Crippen molar-refractivity contribution in [2.24, 2.45) is 0 Å². The number of halogens is 1. The Morgan fingerprint density at radius 3 is 2.71 bits per heavy atom. The van der Waals surface area contributed by atoms with Gasteiger partial charge in [-0.2, -0.15) is 0 Å². The highest BCUT2D eigenvalue weighted by Gasteiger charge is 2.13. The van der Waals surface area contributed by atoms with E-state index in [0.29, 0.717) is 0 Å². The molecular formula is C9H13ClN2O4S. The molecule has 0 N–H and O–H groups in total. The molecule has 0 atom stereocenters. The van der Waals surface area contributed by atoms with Gasteiger partial charge in [0.1, 0.15) is 0 Å². The fourth-order valence-electron chi connectivity index (χ4n) is 1.16. The average molecular weight is 281 g/mol. The van der Waals surface area contributed by atoms with Crippen molar-refractivity contribution in [3.63, 3.8) is 0 Å². The molecule has 0 saturated heterocycles. The molecule has 0 saturated carbocycles. The molecule has 0 spiro atoms. The number of ether oxygens (including phenoxy) is 1. The molecule has 0 bridgehead atoms. The molecule has 1 heterocycles. The van der Waals surface area contributed by atoms with Gasteiger partial charge in [-0.25, -0.2) is 13.4 Å². The van der Waals surface area contributed by atoms with Crippen molar-refractivity contribution in [1.82, 2.24) is 9.55 Å². The van der Waals surface area contributed by atoms with Gasteiger partial charge in [0, 0.05) is 12.3 Å². The number of hydrogen-bond donors (Lipinski definition) is 0. The van der Waals surface area contributed by atoms with Crippen molar-refractivity contribution in [3.05, 3.63) is 21.8 Å². The third-order valence-corrected chi connectivity index (χ3v) is 4.19. The van der Waals surface area contributed by atoms with E-state index in [4.69, 9.17) is 16.3 Å². The highest BCUT2D eigenvalue weighted by molar-refractivity contribution is 7.91. The zero-order valence-corrected chi connectivity index (χ0v) is 11.1. The Hall–Kier alpha value is -1.08. The summed E-state index contributed by atoms with van der Waals surface area (Å²) >= 11 is 5.65. The molecule has 0 aliphatic rings. The van der Waals surface area contributed by atoms with Gasteiger partial charge in [0.05, 0.1) is 19.2 Å². The summed E-state index contributed by atoms with van der Waals surface area (Å²) in [5, 5.41) is -0.0351. The Kier molecular flexibility index (Phi) is 4.53. The standard InChI is InChI=1S/C9H13ClN2O4S/c1-3-17(14,15)5-4-12-6-11-8(10)7(16-2)9(12)13/h6H,3-5H2,1-2H3. The summed E-state index contributed by atoms with van der Waals surface area (Å²) in [6, 6.07) is 0. The fourth-order valence-corrected chi connectivity index (χ4v) is 2.13. The van der Waals surface area contributed by atoms with E-state index in [1.807, 2.05) is 0 Å². The summed E-state index contributed by atoms with van der Waals surface area (Å²) in [6.45, 7) is 1.59. The molecule has 0 unspecified atom stereocenters. The average Bonchev–Trinajstić information content (AvgIpc) is 2.29. The van der Waals surface area contributed by atoms with Gasteiger partial charge in [-0.05, 0) is 0 Å². The van der Waals surface area contributed by atoms with Gasteiger partial charge in [-0.15, -0.1) is 0 Å². The van der Waals surface area contributed by atoms with Gasteiger partial charge in [0.15, 0.2) is 15.0 Å². The fraction of sp³-hybridized carbons (Fsp3) is 0.556. The quantitative estimate of drug-likeness (QED) is 0.727. The lowest BCUT2D eigenvalue weighted by Gasteiger charge is -2.07. The summed E-state index contributed by atoms with van der Waals surface area (Å²) < 4.78 is 28.6. The summed E-state index contributed by atoms with van der Waals surface area (Å²) in [4.78, 5) is 15.5. The zero-order chi connectivity index (χ0) is 13.1. The molecule has 1 rings (SSSR count). The maximum Gasteiger partial charge on any atom is 0.297 e. The molecule has 0 amide bonds. The summed E-state index contributed by atoms with van der Waals surface area (Å²) in [6.07, 6.45) is 1.21. The maximum absolute atomic E-state index is 11.7. The predicted molar refractivity (Wildman–Crippen MR) is 64.4 cm³/mol. The third-order valence-electron chi connectivity index (χ3n) is 2.24. The molecule has 8 heteroatoms. The number of nitrogens with zero attached hydrogens (tertiary/aromatic N) is 2. The first-order valence-electron chi connectivity index (χ1n) is 4.90. The molecule has 0 aliphatic carbocycles. The van der Waals surface area contributed by atoms with E-state index in [1.54, 1.807) is 6.92 Å². The SMILES string of the molecule is CCS(=O)(=O)CCn1cnc(Cl)c(OC)c1=O. The van der Waals surface area contributed by atoms with Crippen molar-refractivity contribution >= 4 is 21.4 Å². The van der Waals surface area contributed by atoms with E-state index in [1.165, 1.54) is 13.4 Å². The summed E-state index contributed by atoms with van der Waals surface area (Å²) in [7, 11) is -1.82. The number of sulfone groups is 1. The predicted octanol–water partition coefficient (Wildman–Crippen LogP) is 0.340. The first-order valence-corrected chi connectivity index (χ1v) is 7.10. The van der Waals surface area contributed by atoms with E-state index < -0.39 is 15.4 Å². The van der Waals surface area contributed by atoms with Gasteiger partial charge >= 0.3 is 0 Å². The number of aromatic nitrogens is 2. The second-order valence-corrected chi connectivity index (χ2v) is 6.13. The van der Waals surface area contributed by atoms with Crippen LogP contribution in [0.4, 0.5) is 0 Å². The highest BCUT2D eigenvalue weighted by Crippen LogP contribution is 2.14. The van der Waals surface area contributed by atoms with Crippen molar-refractivity contribution in [2.45, 2.75) is 13.5 Å². The smallest absolute Gasteiger partial charge is 0.297 e. The molecule has 6 nitrogen and oxygen atoms in total. The lowest BCUT2D eigenvalue weighted by atomic mass is 10.5. The van der Waals surface area contributed by atoms with Crippen LogP contribution in [-0.2, 0) is 16.4 Å². The first-order chi connectivity index (χ1) is 7.91. The van der Waals surface area contributed by atoms with Gasteiger partial charge in [0.2, 0.25) is 5.75 Å². The van der Waals surface area contributed by atoms with Gasteiger partial charge < -0.3 is 4.74 Å². The Morgan fingerprint density at radius 2 is 2.18 bits per heavy atom. The Bertz CT molecular complexity index is 553. The second-order valence-electron chi connectivity index (χ2n) is 3.30. The maximum atomic E-state index is 11.7. The number of rotatable bonds is 5. The van der Waals surface area contributed by atoms with Gasteiger partial charge in [-0.3, -0.25) is 9.36 Å².